The second-order valence-electron chi connectivity index (χ2n) is 6.42. The number of aromatic nitrogens is 3. The van der Waals surface area contributed by atoms with Crippen LogP contribution in [0.5, 0.6) is 5.75 Å². The zero-order valence-corrected chi connectivity index (χ0v) is 15.7. The van der Waals surface area contributed by atoms with Crippen LogP contribution < -0.4 is 9.64 Å². The molecule has 7 heteroatoms. The topological polar surface area (TPSA) is 63.5 Å². The minimum atomic E-state index is -0.0773. The first-order chi connectivity index (χ1) is 12.4. The van der Waals surface area contributed by atoms with Crippen LogP contribution in [0.1, 0.15) is 5.56 Å². The number of imidazole rings is 1. The van der Waals surface area contributed by atoms with Crippen molar-refractivity contribution in [1.82, 2.24) is 19.4 Å². The SMILES string of the molecule is Cc1c(OCC(=O)N(C)C)cccc1N(C)c1cc2c(cn1)ncn2C. The van der Waals surface area contributed by atoms with Crippen LogP contribution in [0.4, 0.5) is 11.5 Å². The van der Waals surface area contributed by atoms with Gasteiger partial charge in [-0.1, -0.05) is 6.07 Å². The number of nitrogens with zero attached hydrogens (tertiary/aromatic N) is 5. The number of ether oxygens (including phenoxy) is 1. The van der Waals surface area contributed by atoms with Gasteiger partial charge in [-0.15, -0.1) is 0 Å². The molecule has 0 aliphatic rings. The molecule has 1 aromatic carbocycles. The summed E-state index contributed by atoms with van der Waals surface area (Å²) in [5, 5.41) is 0. The Balaban J connectivity index is 1.88. The minimum Gasteiger partial charge on any atom is -0.483 e. The molecule has 0 aliphatic carbocycles. The molecule has 26 heavy (non-hydrogen) atoms. The average Bonchev–Trinajstić information content (AvgIpc) is 3.00. The third-order valence-corrected chi connectivity index (χ3v) is 4.41. The molecular formula is C19H23N5O2. The number of pyridine rings is 1. The van der Waals surface area contributed by atoms with E-state index in [0.29, 0.717) is 5.75 Å². The lowest BCUT2D eigenvalue weighted by molar-refractivity contribution is -0.130. The first-order valence-corrected chi connectivity index (χ1v) is 8.32. The molecule has 0 N–H and O–H groups in total. The lowest BCUT2D eigenvalue weighted by atomic mass is 10.1. The predicted molar refractivity (Wildman–Crippen MR) is 102 cm³/mol. The Morgan fingerprint density at radius 2 is 2.00 bits per heavy atom. The Labute approximate surface area is 152 Å². The van der Waals surface area contributed by atoms with Crippen molar-refractivity contribution in [3.8, 4) is 5.75 Å². The number of carbonyl (C=O) groups excluding carboxylic acids is 1. The van der Waals surface area contributed by atoms with Crippen molar-refractivity contribution in [2.75, 3.05) is 32.6 Å². The summed E-state index contributed by atoms with van der Waals surface area (Å²) < 4.78 is 7.68. The van der Waals surface area contributed by atoms with Crippen LogP contribution in [0.3, 0.4) is 0 Å². The van der Waals surface area contributed by atoms with Crippen LogP contribution in [0, 0.1) is 6.92 Å². The molecule has 0 spiro atoms. The van der Waals surface area contributed by atoms with Crippen LogP contribution in [0.2, 0.25) is 0 Å². The number of amides is 1. The summed E-state index contributed by atoms with van der Waals surface area (Å²) in [6, 6.07) is 7.79. The highest BCUT2D eigenvalue weighted by Crippen LogP contribution is 2.32. The van der Waals surface area contributed by atoms with Crippen molar-refractivity contribution < 1.29 is 9.53 Å². The third-order valence-electron chi connectivity index (χ3n) is 4.41. The number of aryl methyl sites for hydroxylation is 1. The van der Waals surface area contributed by atoms with E-state index in [4.69, 9.17) is 4.74 Å². The van der Waals surface area contributed by atoms with Gasteiger partial charge in [-0.25, -0.2) is 9.97 Å². The van der Waals surface area contributed by atoms with E-state index in [1.807, 2.05) is 54.8 Å². The number of likely N-dealkylation sites (N-methyl/N-ethyl adjacent to an activating group) is 1. The highest BCUT2D eigenvalue weighted by molar-refractivity contribution is 5.79. The normalized spacial score (nSPS) is 10.8. The van der Waals surface area contributed by atoms with Gasteiger partial charge in [-0.3, -0.25) is 4.79 Å². The van der Waals surface area contributed by atoms with Crippen LogP contribution in [0.25, 0.3) is 11.0 Å². The molecule has 0 radical (unpaired) electrons. The van der Waals surface area contributed by atoms with E-state index >= 15 is 0 Å². The largest absolute Gasteiger partial charge is 0.483 e. The molecule has 2 heterocycles. The Kier molecular flexibility index (Phi) is 4.79. The van der Waals surface area contributed by atoms with E-state index in [1.54, 1.807) is 26.6 Å². The van der Waals surface area contributed by atoms with Crippen LogP contribution in [-0.2, 0) is 11.8 Å². The fourth-order valence-corrected chi connectivity index (χ4v) is 2.72. The zero-order valence-electron chi connectivity index (χ0n) is 15.7. The number of carbonyl (C=O) groups is 1. The third kappa shape index (κ3) is 3.33. The maximum absolute atomic E-state index is 11.8. The van der Waals surface area contributed by atoms with E-state index in [9.17, 15) is 4.79 Å². The van der Waals surface area contributed by atoms with Gasteiger partial charge in [0.25, 0.3) is 5.91 Å². The standard InChI is InChI=1S/C19H23N5O2/c1-13-15(7-6-8-17(13)26-11-19(25)22(2)3)24(5)18-9-16-14(10-20-18)21-12-23(16)4/h6-10,12H,11H2,1-5H3. The Bertz CT molecular complexity index is 948. The maximum Gasteiger partial charge on any atom is 0.259 e. The van der Waals surface area contributed by atoms with E-state index in [1.165, 1.54) is 4.90 Å². The maximum atomic E-state index is 11.8. The smallest absolute Gasteiger partial charge is 0.259 e. The molecule has 0 fully saturated rings. The van der Waals surface area contributed by atoms with Crippen molar-refractivity contribution >= 4 is 28.4 Å². The van der Waals surface area contributed by atoms with Gasteiger partial charge < -0.3 is 19.1 Å². The first kappa shape index (κ1) is 17.7. The Hall–Kier alpha value is -3.09. The van der Waals surface area contributed by atoms with Gasteiger partial charge in [0.2, 0.25) is 0 Å². The fraction of sp³-hybridized carbons (Fsp3) is 0.316. The summed E-state index contributed by atoms with van der Waals surface area (Å²) in [5.41, 5.74) is 3.80. The van der Waals surface area contributed by atoms with E-state index in [-0.39, 0.29) is 12.5 Å². The van der Waals surface area contributed by atoms with Crippen molar-refractivity contribution in [2.24, 2.45) is 7.05 Å². The van der Waals surface area contributed by atoms with Crippen LogP contribution >= 0.6 is 0 Å². The fourth-order valence-electron chi connectivity index (χ4n) is 2.72. The lowest BCUT2D eigenvalue weighted by Gasteiger charge is -2.22. The van der Waals surface area contributed by atoms with Gasteiger partial charge >= 0.3 is 0 Å². The summed E-state index contributed by atoms with van der Waals surface area (Å²) in [4.78, 5) is 24.1. The number of benzene rings is 1. The molecule has 2 aromatic heterocycles. The number of hydrogen-bond acceptors (Lipinski definition) is 5. The van der Waals surface area contributed by atoms with Crippen LogP contribution in [-0.4, -0.2) is 53.1 Å². The molecule has 136 valence electrons. The van der Waals surface area contributed by atoms with Crippen molar-refractivity contribution in [1.29, 1.82) is 0 Å². The molecule has 3 aromatic rings. The number of rotatable bonds is 5. The zero-order chi connectivity index (χ0) is 18.8. The summed E-state index contributed by atoms with van der Waals surface area (Å²) in [5.74, 6) is 1.42. The Morgan fingerprint density at radius 1 is 1.23 bits per heavy atom. The number of anilines is 2. The summed E-state index contributed by atoms with van der Waals surface area (Å²) in [6.07, 6.45) is 3.55. The quantitative estimate of drug-likeness (QED) is 0.705. The first-order valence-electron chi connectivity index (χ1n) is 8.32. The molecule has 7 nitrogen and oxygen atoms in total. The van der Waals surface area contributed by atoms with Gasteiger partial charge in [0.05, 0.1) is 18.0 Å². The van der Waals surface area contributed by atoms with Gasteiger partial charge in [-0.2, -0.15) is 0 Å². The van der Waals surface area contributed by atoms with E-state index < -0.39 is 0 Å². The monoisotopic (exact) mass is 353 g/mol. The minimum absolute atomic E-state index is 0.0141. The molecule has 0 bridgehead atoms. The predicted octanol–water partition coefficient (Wildman–Crippen LogP) is 2.51. The van der Waals surface area contributed by atoms with Crippen molar-refractivity contribution in [3.05, 3.63) is 42.4 Å². The van der Waals surface area contributed by atoms with Crippen molar-refractivity contribution in [3.63, 3.8) is 0 Å². The van der Waals surface area contributed by atoms with Crippen LogP contribution in [0.15, 0.2) is 36.8 Å². The molecule has 0 unspecified atom stereocenters. The Morgan fingerprint density at radius 3 is 2.73 bits per heavy atom. The van der Waals surface area contributed by atoms with Gasteiger partial charge in [0.1, 0.15) is 17.1 Å². The van der Waals surface area contributed by atoms with Crippen molar-refractivity contribution in [2.45, 2.75) is 6.92 Å². The summed E-state index contributed by atoms with van der Waals surface area (Å²) in [6.45, 7) is 1.99. The highest BCUT2D eigenvalue weighted by atomic mass is 16.5. The molecule has 0 saturated carbocycles. The summed E-state index contributed by atoms with van der Waals surface area (Å²) in [7, 11) is 7.34. The molecule has 1 amide bonds. The van der Waals surface area contributed by atoms with E-state index in [0.717, 1.165) is 28.1 Å². The molecular weight excluding hydrogens is 330 g/mol. The molecule has 0 aliphatic heterocycles. The molecule has 0 atom stereocenters. The van der Waals surface area contributed by atoms with Gasteiger partial charge in [-0.05, 0) is 19.1 Å². The van der Waals surface area contributed by atoms with Gasteiger partial charge in [0.15, 0.2) is 6.61 Å². The number of hydrogen-bond donors (Lipinski definition) is 0. The second-order valence-corrected chi connectivity index (χ2v) is 6.42. The lowest BCUT2D eigenvalue weighted by Crippen LogP contribution is -2.27. The molecule has 3 rings (SSSR count). The van der Waals surface area contributed by atoms with Gasteiger partial charge in [0, 0.05) is 45.5 Å². The summed E-state index contributed by atoms with van der Waals surface area (Å²) >= 11 is 0. The van der Waals surface area contributed by atoms with E-state index in [2.05, 4.69) is 9.97 Å². The highest BCUT2D eigenvalue weighted by Gasteiger charge is 2.14. The second kappa shape index (κ2) is 7.03. The molecule has 0 saturated heterocycles. The number of fused-ring (bicyclic) bond motifs is 1. The average molecular weight is 353 g/mol.